The first kappa shape index (κ1) is 12.9. The van der Waals surface area contributed by atoms with Crippen LogP contribution in [0.1, 0.15) is 45.4 Å². The second kappa shape index (κ2) is 10.0. The van der Waals surface area contributed by atoms with E-state index in [9.17, 15) is 4.79 Å². The highest BCUT2D eigenvalue weighted by molar-refractivity contribution is 5.69. The smallest absolute Gasteiger partial charge is 0.310 e. The van der Waals surface area contributed by atoms with Crippen molar-refractivity contribution in [3.05, 3.63) is 25.0 Å². The Bertz CT molecular complexity index is 183. The van der Waals surface area contributed by atoms with Gasteiger partial charge in [0.05, 0.1) is 6.26 Å². The van der Waals surface area contributed by atoms with Crippen LogP contribution in [-0.4, -0.2) is 5.97 Å². The summed E-state index contributed by atoms with van der Waals surface area (Å²) in [6.07, 6.45) is 11.5. The molecule has 0 aromatic rings. The number of esters is 1. The summed E-state index contributed by atoms with van der Waals surface area (Å²) in [5.41, 5.74) is 0. The van der Waals surface area contributed by atoms with Crippen LogP contribution >= 0.6 is 0 Å². The third kappa shape index (κ3) is 9.04. The molecule has 0 N–H and O–H groups in total. The zero-order valence-corrected chi connectivity index (χ0v) is 9.00. The van der Waals surface area contributed by atoms with E-state index in [1.165, 1.54) is 19.1 Å². The molecule has 0 aromatic heterocycles. The Labute approximate surface area is 86.6 Å². The first-order chi connectivity index (χ1) is 6.81. The van der Waals surface area contributed by atoms with Crippen molar-refractivity contribution in [1.29, 1.82) is 0 Å². The van der Waals surface area contributed by atoms with E-state index in [-0.39, 0.29) is 5.97 Å². The van der Waals surface area contributed by atoms with E-state index in [1.807, 2.05) is 6.92 Å². The molecule has 0 heterocycles. The van der Waals surface area contributed by atoms with Crippen LogP contribution in [0.4, 0.5) is 0 Å². The number of rotatable bonds is 8. The molecule has 0 rings (SSSR count). The van der Waals surface area contributed by atoms with Crippen LogP contribution in [0.5, 0.6) is 0 Å². The first-order valence-corrected chi connectivity index (χ1v) is 5.22. The van der Waals surface area contributed by atoms with Gasteiger partial charge in [-0.15, -0.1) is 0 Å². The number of unbranched alkanes of at least 4 members (excludes halogenated alkanes) is 4. The number of allylic oxidation sites excluding steroid dienone is 2. The number of carbonyl (C=O) groups excluding carboxylic acids is 1. The molecule has 0 aromatic carbocycles. The van der Waals surface area contributed by atoms with Crippen LogP contribution in [0.15, 0.2) is 25.0 Å². The number of ether oxygens (including phenoxy) is 1. The lowest BCUT2D eigenvalue weighted by molar-refractivity contribution is -0.138. The van der Waals surface area contributed by atoms with Gasteiger partial charge in [0.1, 0.15) is 0 Å². The van der Waals surface area contributed by atoms with Gasteiger partial charge < -0.3 is 4.74 Å². The van der Waals surface area contributed by atoms with E-state index in [4.69, 9.17) is 0 Å². The van der Waals surface area contributed by atoms with Crippen molar-refractivity contribution in [2.45, 2.75) is 45.4 Å². The number of hydrogen-bond donors (Lipinski definition) is 0. The minimum absolute atomic E-state index is 0.173. The maximum atomic E-state index is 10.9. The molecule has 2 heteroatoms. The van der Waals surface area contributed by atoms with Crippen LogP contribution < -0.4 is 0 Å². The van der Waals surface area contributed by atoms with Gasteiger partial charge >= 0.3 is 5.97 Å². The van der Waals surface area contributed by atoms with Crippen LogP contribution in [-0.2, 0) is 9.53 Å². The summed E-state index contributed by atoms with van der Waals surface area (Å²) in [6.45, 7) is 5.36. The molecule has 0 amide bonds. The fraction of sp³-hybridized carbons (Fsp3) is 0.583. The molecule has 14 heavy (non-hydrogen) atoms. The quantitative estimate of drug-likeness (QED) is 0.257. The van der Waals surface area contributed by atoms with Crippen molar-refractivity contribution in [2.24, 2.45) is 0 Å². The fourth-order valence-corrected chi connectivity index (χ4v) is 1.20. The van der Waals surface area contributed by atoms with Gasteiger partial charge in [-0.1, -0.05) is 31.6 Å². The van der Waals surface area contributed by atoms with E-state index >= 15 is 0 Å². The summed E-state index contributed by atoms with van der Waals surface area (Å²) >= 11 is 0. The summed E-state index contributed by atoms with van der Waals surface area (Å²) in [4.78, 5) is 10.9. The Morgan fingerprint density at radius 3 is 2.64 bits per heavy atom. The zero-order chi connectivity index (χ0) is 10.6. The normalized spacial score (nSPS) is 10.4. The molecule has 0 saturated carbocycles. The fourth-order valence-electron chi connectivity index (χ4n) is 1.20. The van der Waals surface area contributed by atoms with Crippen LogP contribution in [0.25, 0.3) is 0 Å². The Kier molecular flexibility index (Phi) is 9.28. The van der Waals surface area contributed by atoms with Crippen molar-refractivity contribution >= 4 is 5.97 Å². The topological polar surface area (TPSA) is 26.3 Å². The molecule has 0 unspecified atom stereocenters. The monoisotopic (exact) mass is 196 g/mol. The van der Waals surface area contributed by atoms with Crippen LogP contribution in [0.3, 0.4) is 0 Å². The van der Waals surface area contributed by atoms with Gasteiger partial charge in [-0.05, 0) is 26.2 Å². The summed E-state index contributed by atoms with van der Waals surface area (Å²) in [5, 5.41) is 0. The van der Waals surface area contributed by atoms with Crippen molar-refractivity contribution in [3.63, 3.8) is 0 Å². The Balaban J connectivity index is 3.13. The second-order valence-electron chi connectivity index (χ2n) is 3.18. The molecule has 0 fully saturated rings. The van der Waals surface area contributed by atoms with Gasteiger partial charge in [-0.25, -0.2) is 0 Å². The van der Waals surface area contributed by atoms with Gasteiger partial charge in [0.25, 0.3) is 0 Å². The summed E-state index contributed by atoms with van der Waals surface area (Å²) in [7, 11) is 0. The Morgan fingerprint density at radius 1 is 1.29 bits per heavy atom. The maximum Gasteiger partial charge on any atom is 0.310 e. The highest BCUT2D eigenvalue weighted by Gasteiger charge is 1.99. The van der Waals surface area contributed by atoms with Crippen molar-refractivity contribution in [2.75, 3.05) is 0 Å². The van der Waals surface area contributed by atoms with Gasteiger partial charge in [-0.2, -0.15) is 0 Å². The molecule has 0 aliphatic carbocycles. The van der Waals surface area contributed by atoms with E-state index < -0.39 is 0 Å². The highest BCUT2D eigenvalue weighted by Crippen LogP contribution is 2.06. The van der Waals surface area contributed by atoms with Gasteiger partial charge in [-0.3, -0.25) is 4.79 Å². The first-order valence-electron chi connectivity index (χ1n) is 5.22. The summed E-state index contributed by atoms with van der Waals surface area (Å²) in [5.74, 6) is -0.173. The molecule has 2 nitrogen and oxygen atoms in total. The average molecular weight is 196 g/mol. The molecular formula is C12H20O2. The molecular weight excluding hydrogens is 176 g/mol. The van der Waals surface area contributed by atoms with E-state index in [1.54, 1.807) is 0 Å². The highest BCUT2D eigenvalue weighted by atomic mass is 16.5. The molecule has 0 saturated heterocycles. The van der Waals surface area contributed by atoms with Crippen LogP contribution in [0, 0.1) is 0 Å². The standard InChI is InChI=1S/C12H20O2/c1-3-5-6-7-8-9-10-11-12(13)14-4-2/h3-5H,2,6-11H2,1H3/b5-3+. The molecule has 0 bridgehead atoms. The number of hydrogen-bond acceptors (Lipinski definition) is 2. The molecule has 80 valence electrons. The van der Waals surface area contributed by atoms with Crippen molar-refractivity contribution in [3.8, 4) is 0 Å². The molecule has 0 radical (unpaired) electrons. The molecule has 0 aliphatic rings. The largest absolute Gasteiger partial charge is 0.435 e. The Hall–Kier alpha value is -1.05. The predicted octanol–water partition coefficient (Wildman–Crippen LogP) is 3.59. The molecule has 0 atom stereocenters. The van der Waals surface area contributed by atoms with Gasteiger partial charge in [0.2, 0.25) is 0 Å². The van der Waals surface area contributed by atoms with E-state index in [0.717, 1.165) is 19.3 Å². The van der Waals surface area contributed by atoms with Crippen molar-refractivity contribution in [1.82, 2.24) is 0 Å². The zero-order valence-electron chi connectivity index (χ0n) is 9.00. The van der Waals surface area contributed by atoms with Crippen molar-refractivity contribution < 1.29 is 9.53 Å². The number of carbonyl (C=O) groups is 1. The minimum atomic E-state index is -0.173. The Morgan fingerprint density at radius 2 is 2.00 bits per heavy atom. The third-order valence-electron chi connectivity index (χ3n) is 1.95. The molecule has 0 aliphatic heterocycles. The van der Waals surface area contributed by atoms with Gasteiger partial charge in [0.15, 0.2) is 0 Å². The summed E-state index contributed by atoms with van der Waals surface area (Å²) in [6, 6.07) is 0. The predicted molar refractivity (Wildman–Crippen MR) is 58.8 cm³/mol. The third-order valence-corrected chi connectivity index (χ3v) is 1.95. The maximum absolute atomic E-state index is 10.9. The van der Waals surface area contributed by atoms with Gasteiger partial charge in [0, 0.05) is 6.42 Å². The SMILES string of the molecule is C=COC(=O)CCCCCC/C=C/C. The van der Waals surface area contributed by atoms with E-state index in [2.05, 4.69) is 23.5 Å². The lowest BCUT2D eigenvalue weighted by Crippen LogP contribution is -1.98. The average Bonchev–Trinajstić information content (AvgIpc) is 2.17. The lowest BCUT2D eigenvalue weighted by Gasteiger charge is -1.99. The summed E-state index contributed by atoms with van der Waals surface area (Å²) < 4.78 is 4.60. The second-order valence-corrected chi connectivity index (χ2v) is 3.18. The lowest BCUT2D eigenvalue weighted by atomic mass is 10.1. The molecule has 0 spiro atoms. The minimum Gasteiger partial charge on any atom is -0.435 e. The van der Waals surface area contributed by atoms with Crippen LogP contribution in [0.2, 0.25) is 0 Å². The van der Waals surface area contributed by atoms with E-state index in [0.29, 0.717) is 6.42 Å².